The van der Waals surface area contributed by atoms with Crippen LogP contribution in [0.15, 0.2) is 17.5 Å². The van der Waals surface area contributed by atoms with Gasteiger partial charge in [0.05, 0.1) is 16.9 Å². The van der Waals surface area contributed by atoms with Gasteiger partial charge < -0.3 is 10.6 Å². The van der Waals surface area contributed by atoms with Crippen molar-refractivity contribution in [1.82, 2.24) is 4.90 Å². The Kier molecular flexibility index (Phi) is 5.16. The monoisotopic (exact) mass is 310 g/mol. The molecule has 0 spiro atoms. The summed E-state index contributed by atoms with van der Waals surface area (Å²) in [5.41, 5.74) is 5.36. The van der Waals surface area contributed by atoms with Crippen molar-refractivity contribution in [2.75, 3.05) is 6.54 Å². The van der Waals surface area contributed by atoms with E-state index in [2.05, 4.69) is 6.07 Å². The van der Waals surface area contributed by atoms with E-state index in [1.165, 1.54) is 11.3 Å². The molecular weight excluding hydrogens is 288 g/mol. The van der Waals surface area contributed by atoms with Crippen LogP contribution in [-0.4, -0.2) is 22.3 Å². The zero-order chi connectivity index (χ0) is 14.6. The maximum absolute atomic E-state index is 13.0. The molecule has 5 heteroatoms. The van der Waals surface area contributed by atoms with Gasteiger partial charge in [-0.1, -0.05) is 37.5 Å². The van der Waals surface area contributed by atoms with Crippen LogP contribution in [0.5, 0.6) is 0 Å². The highest BCUT2D eigenvalue weighted by molar-refractivity contribution is 7.80. The van der Waals surface area contributed by atoms with Crippen molar-refractivity contribution >= 4 is 34.5 Å². The van der Waals surface area contributed by atoms with E-state index >= 15 is 0 Å². The van der Waals surface area contributed by atoms with Crippen LogP contribution in [0.25, 0.3) is 0 Å². The summed E-state index contributed by atoms with van der Waals surface area (Å²) >= 11 is 6.93. The smallest absolute Gasteiger partial charge is 0.235 e. The topological polar surface area (TPSA) is 46.3 Å². The predicted molar refractivity (Wildman–Crippen MR) is 87.7 cm³/mol. The first kappa shape index (κ1) is 15.4. The summed E-state index contributed by atoms with van der Waals surface area (Å²) < 4.78 is 0. The molecule has 1 aromatic rings. The Morgan fingerprint density at radius 1 is 1.45 bits per heavy atom. The van der Waals surface area contributed by atoms with Crippen molar-refractivity contribution in [2.45, 2.75) is 45.6 Å². The number of rotatable bonds is 5. The van der Waals surface area contributed by atoms with Crippen LogP contribution in [0.3, 0.4) is 0 Å². The van der Waals surface area contributed by atoms with Gasteiger partial charge in [0.25, 0.3) is 0 Å². The summed E-state index contributed by atoms with van der Waals surface area (Å²) in [4.78, 5) is 16.5. The standard InChI is InChI=1S/C15H22N2OS2/c1-2-17(11-12-7-6-10-20-12)14(18)15(13(16)19)8-4-3-5-9-15/h6-7,10H,2-5,8-9,11H2,1H3,(H2,16,19). The van der Waals surface area contributed by atoms with Crippen molar-refractivity contribution in [3.63, 3.8) is 0 Å². The molecule has 20 heavy (non-hydrogen) atoms. The lowest BCUT2D eigenvalue weighted by atomic mass is 9.73. The molecule has 2 rings (SSSR count). The number of thiophene rings is 1. The summed E-state index contributed by atoms with van der Waals surface area (Å²) in [6, 6.07) is 4.08. The minimum Gasteiger partial charge on any atom is -0.392 e. The summed E-state index contributed by atoms with van der Waals surface area (Å²) in [6.45, 7) is 3.38. The second kappa shape index (κ2) is 6.68. The fourth-order valence-corrected chi connectivity index (χ4v) is 3.95. The molecule has 1 heterocycles. The first-order valence-electron chi connectivity index (χ1n) is 7.22. The lowest BCUT2D eigenvalue weighted by Gasteiger charge is -2.38. The van der Waals surface area contributed by atoms with Crippen LogP contribution in [-0.2, 0) is 11.3 Å². The zero-order valence-corrected chi connectivity index (χ0v) is 13.6. The lowest BCUT2D eigenvalue weighted by molar-refractivity contribution is -0.140. The maximum Gasteiger partial charge on any atom is 0.235 e. The highest BCUT2D eigenvalue weighted by Crippen LogP contribution is 2.38. The van der Waals surface area contributed by atoms with Gasteiger partial charge >= 0.3 is 0 Å². The number of nitrogens with zero attached hydrogens (tertiary/aromatic N) is 1. The molecule has 1 fully saturated rings. The van der Waals surface area contributed by atoms with E-state index in [0.717, 1.165) is 25.7 Å². The average Bonchev–Trinajstić information content (AvgIpc) is 2.97. The molecule has 1 saturated carbocycles. The molecule has 1 aliphatic rings. The average molecular weight is 310 g/mol. The van der Waals surface area contributed by atoms with Gasteiger partial charge in [-0.2, -0.15) is 0 Å². The van der Waals surface area contributed by atoms with E-state index in [-0.39, 0.29) is 5.91 Å². The molecule has 3 nitrogen and oxygen atoms in total. The van der Waals surface area contributed by atoms with Gasteiger partial charge in [-0.15, -0.1) is 11.3 Å². The molecule has 0 radical (unpaired) electrons. The second-order valence-corrected chi connectivity index (χ2v) is 6.88. The lowest BCUT2D eigenvalue weighted by Crippen LogP contribution is -2.51. The molecule has 110 valence electrons. The Balaban J connectivity index is 2.18. The molecule has 0 unspecified atom stereocenters. The van der Waals surface area contributed by atoms with Crippen LogP contribution in [0.1, 0.15) is 43.9 Å². The fraction of sp³-hybridized carbons (Fsp3) is 0.600. The number of carbonyl (C=O) groups is 1. The normalized spacial score (nSPS) is 17.6. The molecule has 2 N–H and O–H groups in total. The van der Waals surface area contributed by atoms with Crippen LogP contribution in [0, 0.1) is 5.41 Å². The van der Waals surface area contributed by atoms with E-state index < -0.39 is 5.41 Å². The zero-order valence-electron chi connectivity index (χ0n) is 11.9. The molecular formula is C15H22N2OS2. The SMILES string of the molecule is CCN(Cc1cccs1)C(=O)C1(C(N)=S)CCCCC1. The van der Waals surface area contributed by atoms with Crippen LogP contribution in [0.4, 0.5) is 0 Å². The van der Waals surface area contributed by atoms with E-state index in [1.54, 1.807) is 11.3 Å². The quantitative estimate of drug-likeness (QED) is 0.849. The van der Waals surface area contributed by atoms with Crippen molar-refractivity contribution in [3.05, 3.63) is 22.4 Å². The third kappa shape index (κ3) is 3.04. The Hall–Kier alpha value is -0.940. The molecule has 0 atom stereocenters. The Morgan fingerprint density at radius 2 is 2.15 bits per heavy atom. The minimum absolute atomic E-state index is 0.126. The molecule has 0 aliphatic heterocycles. The van der Waals surface area contributed by atoms with Crippen LogP contribution in [0.2, 0.25) is 0 Å². The molecule has 0 aromatic carbocycles. The van der Waals surface area contributed by atoms with Crippen LogP contribution >= 0.6 is 23.6 Å². The summed E-state index contributed by atoms with van der Waals surface area (Å²) in [5, 5.41) is 2.04. The predicted octanol–water partition coefficient (Wildman–Crippen LogP) is 3.33. The van der Waals surface area contributed by atoms with Gasteiger partial charge in [0, 0.05) is 11.4 Å². The van der Waals surface area contributed by atoms with E-state index in [4.69, 9.17) is 18.0 Å². The number of thiocarbonyl (C=S) groups is 1. The Bertz CT molecular complexity index is 464. The molecule has 0 bridgehead atoms. The van der Waals surface area contributed by atoms with Gasteiger partial charge in [0.2, 0.25) is 5.91 Å². The van der Waals surface area contributed by atoms with Gasteiger partial charge in [-0.05, 0) is 31.2 Å². The number of hydrogen-bond donors (Lipinski definition) is 1. The van der Waals surface area contributed by atoms with Crippen molar-refractivity contribution in [1.29, 1.82) is 0 Å². The molecule has 1 amide bonds. The molecule has 1 aliphatic carbocycles. The summed E-state index contributed by atoms with van der Waals surface area (Å²) in [6.07, 6.45) is 4.87. The first-order valence-corrected chi connectivity index (χ1v) is 8.50. The van der Waals surface area contributed by atoms with Crippen molar-refractivity contribution in [2.24, 2.45) is 11.1 Å². The highest BCUT2D eigenvalue weighted by Gasteiger charge is 2.44. The fourth-order valence-electron chi connectivity index (χ4n) is 2.94. The Labute approximate surface area is 130 Å². The highest BCUT2D eigenvalue weighted by atomic mass is 32.1. The number of carbonyl (C=O) groups excluding carboxylic acids is 1. The van der Waals surface area contributed by atoms with E-state index in [0.29, 0.717) is 18.1 Å². The van der Waals surface area contributed by atoms with Gasteiger partial charge in [-0.3, -0.25) is 4.79 Å². The number of nitrogens with two attached hydrogens (primary N) is 1. The minimum atomic E-state index is -0.596. The molecule has 1 aromatic heterocycles. The second-order valence-electron chi connectivity index (χ2n) is 5.41. The molecule has 0 saturated heterocycles. The van der Waals surface area contributed by atoms with Crippen molar-refractivity contribution in [3.8, 4) is 0 Å². The van der Waals surface area contributed by atoms with Gasteiger partial charge in [-0.25, -0.2) is 0 Å². The maximum atomic E-state index is 13.0. The van der Waals surface area contributed by atoms with Gasteiger partial charge in [0.1, 0.15) is 0 Å². The van der Waals surface area contributed by atoms with E-state index in [1.807, 2.05) is 23.3 Å². The number of amides is 1. The van der Waals surface area contributed by atoms with Crippen molar-refractivity contribution < 1.29 is 4.79 Å². The Morgan fingerprint density at radius 3 is 2.65 bits per heavy atom. The third-order valence-electron chi connectivity index (χ3n) is 4.18. The third-order valence-corrected chi connectivity index (χ3v) is 5.44. The van der Waals surface area contributed by atoms with Crippen LogP contribution < -0.4 is 5.73 Å². The summed E-state index contributed by atoms with van der Waals surface area (Å²) in [5.74, 6) is 0.126. The van der Waals surface area contributed by atoms with E-state index in [9.17, 15) is 4.79 Å². The van der Waals surface area contributed by atoms with Gasteiger partial charge in [0.15, 0.2) is 0 Å². The number of hydrogen-bond acceptors (Lipinski definition) is 3. The first-order chi connectivity index (χ1) is 9.60. The largest absolute Gasteiger partial charge is 0.392 e. The summed E-state index contributed by atoms with van der Waals surface area (Å²) in [7, 11) is 0.